The van der Waals surface area contributed by atoms with Gasteiger partial charge in [0.15, 0.2) is 0 Å². The van der Waals surface area contributed by atoms with Crippen LogP contribution in [0, 0.1) is 0 Å². The second-order valence-electron chi connectivity index (χ2n) is 4.74. The van der Waals surface area contributed by atoms with Crippen LogP contribution in [0.5, 0.6) is 0 Å². The third kappa shape index (κ3) is 4.66. The maximum absolute atomic E-state index is 12.1. The summed E-state index contributed by atoms with van der Waals surface area (Å²) in [6, 6.07) is 0. The zero-order valence-corrected chi connectivity index (χ0v) is 12.9. The van der Waals surface area contributed by atoms with Crippen LogP contribution in [0.25, 0.3) is 0 Å². The Morgan fingerprint density at radius 1 is 1.11 bits per heavy atom. The maximum Gasteiger partial charge on any atom is 0.281 e. The Hall–Kier alpha value is 0.120. The highest BCUT2D eigenvalue weighted by atomic mass is 35.5. The van der Waals surface area contributed by atoms with Gasteiger partial charge in [0.1, 0.15) is 0 Å². The third-order valence-electron chi connectivity index (χ3n) is 3.32. The molecule has 0 atom stereocenters. The molecule has 0 aromatic carbocycles. The van der Waals surface area contributed by atoms with Crippen LogP contribution in [-0.4, -0.2) is 74.6 Å². The molecule has 1 fully saturated rings. The smallest absolute Gasteiger partial charge is 0.281 e. The van der Waals surface area contributed by atoms with E-state index in [-0.39, 0.29) is 0 Å². The van der Waals surface area contributed by atoms with Gasteiger partial charge in [0.25, 0.3) is 10.2 Å². The molecule has 0 N–H and O–H groups in total. The Kier molecular flexibility index (Phi) is 6.87. The van der Waals surface area contributed by atoms with E-state index in [0.717, 1.165) is 19.6 Å². The number of halogens is 1. The average Bonchev–Trinajstić information content (AvgIpc) is 2.85. The predicted molar refractivity (Wildman–Crippen MR) is 75.2 cm³/mol. The Balaban J connectivity index is 2.39. The minimum Gasteiger partial charge on any atom is -0.302 e. The fourth-order valence-corrected chi connectivity index (χ4v) is 3.31. The van der Waals surface area contributed by atoms with Gasteiger partial charge in [0.2, 0.25) is 0 Å². The van der Waals surface area contributed by atoms with Gasteiger partial charge in [-0.15, -0.1) is 11.6 Å². The van der Waals surface area contributed by atoms with Crippen LogP contribution < -0.4 is 0 Å². The molecular formula is C11H24ClN3O2S. The Bertz CT molecular complexity index is 331. The normalized spacial score (nSPS) is 18.1. The van der Waals surface area contributed by atoms with Gasteiger partial charge in [0.05, 0.1) is 0 Å². The van der Waals surface area contributed by atoms with Gasteiger partial charge >= 0.3 is 0 Å². The molecule has 0 amide bonds. The number of hydrogen-bond acceptors (Lipinski definition) is 3. The van der Waals surface area contributed by atoms with Crippen molar-refractivity contribution in [2.24, 2.45) is 0 Å². The van der Waals surface area contributed by atoms with Gasteiger partial charge in [-0.05, 0) is 32.4 Å². The van der Waals surface area contributed by atoms with Gasteiger partial charge in [-0.25, -0.2) is 0 Å². The SMILES string of the molecule is CN(CCCCl)S(=O)(=O)N(C)CCN1CCCC1. The Morgan fingerprint density at radius 3 is 2.22 bits per heavy atom. The number of rotatable bonds is 8. The van der Waals surface area contributed by atoms with Crippen molar-refractivity contribution in [2.75, 3.05) is 52.7 Å². The zero-order chi connectivity index (χ0) is 13.6. The lowest BCUT2D eigenvalue weighted by Gasteiger charge is -2.25. The summed E-state index contributed by atoms with van der Waals surface area (Å²) in [5, 5.41) is 0. The van der Waals surface area contributed by atoms with Crippen LogP contribution in [0.1, 0.15) is 19.3 Å². The highest BCUT2D eigenvalue weighted by Gasteiger charge is 2.23. The second kappa shape index (κ2) is 7.65. The van der Waals surface area contributed by atoms with Crippen molar-refractivity contribution in [3.05, 3.63) is 0 Å². The van der Waals surface area contributed by atoms with Crippen LogP contribution in [-0.2, 0) is 10.2 Å². The molecule has 1 aliphatic rings. The van der Waals surface area contributed by atoms with Crippen molar-refractivity contribution in [1.82, 2.24) is 13.5 Å². The van der Waals surface area contributed by atoms with Crippen LogP contribution >= 0.6 is 11.6 Å². The van der Waals surface area contributed by atoms with Crippen molar-refractivity contribution >= 4 is 21.8 Å². The molecule has 1 saturated heterocycles. The Morgan fingerprint density at radius 2 is 1.67 bits per heavy atom. The topological polar surface area (TPSA) is 43.9 Å². The van der Waals surface area contributed by atoms with Gasteiger partial charge in [-0.3, -0.25) is 0 Å². The predicted octanol–water partition coefficient (Wildman–Crippen LogP) is 0.819. The lowest BCUT2D eigenvalue weighted by atomic mass is 10.4. The van der Waals surface area contributed by atoms with Crippen molar-refractivity contribution in [3.63, 3.8) is 0 Å². The average molecular weight is 298 g/mol. The van der Waals surface area contributed by atoms with Crippen LogP contribution in [0.3, 0.4) is 0 Å². The fraction of sp³-hybridized carbons (Fsp3) is 1.00. The number of alkyl halides is 1. The molecule has 0 saturated carbocycles. The summed E-state index contributed by atoms with van der Waals surface area (Å²) >= 11 is 5.58. The van der Waals surface area contributed by atoms with Gasteiger partial charge < -0.3 is 4.90 Å². The van der Waals surface area contributed by atoms with E-state index < -0.39 is 10.2 Å². The van der Waals surface area contributed by atoms with E-state index in [1.165, 1.54) is 21.5 Å². The van der Waals surface area contributed by atoms with Crippen molar-refractivity contribution < 1.29 is 8.42 Å². The summed E-state index contributed by atoms with van der Waals surface area (Å²) in [6.45, 7) is 4.03. The van der Waals surface area contributed by atoms with Crippen molar-refractivity contribution in [1.29, 1.82) is 0 Å². The molecule has 0 aliphatic carbocycles. The highest BCUT2D eigenvalue weighted by molar-refractivity contribution is 7.86. The summed E-state index contributed by atoms with van der Waals surface area (Å²) < 4.78 is 27.1. The number of likely N-dealkylation sites (tertiary alicyclic amines) is 1. The monoisotopic (exact) mass is 297 g/mol. The van der Waals surface area contributed by atoms with Gasteiger partial charge in [-0.1, -0.05) is 0 Å². The highest BCUT2D eigenvalue weighted by Crippen LogP contribution is 2.09. The second-order valence-corrected chi connectivity index (χ2v) is 7.26. The fourth-order valence-electron chi connectivity index (χ4n) is 2.04. The molecule has 0 spiro atoms. The Labute approximate surface area is 116 Å². The first-order valence-electron chi connectivity index (χ1n) is 6.44. The van der Waals surface area contributed by atoms with Crippen LogP contribution in [0.4, 0.5) is 0 Å². The third-order valence-corrected chi connectivity index (χ3v) is 5.53. The molecule has 0 bridgehead atoms. The molecule has 5 nitrogen and oxygen atoms in total. The first-order valence-corrected chi connectivity index (χ1v) is 8.37. The summed E-state index contributed by atoms with van der Waals surface area (Å²) in [4.78, 5) is 2.31. The molecule has 18 heavy (non-hydrogen) atoms. The van der Waals surface area contributed by atoms with Crippen molar-refractivity contribution in [2.45, 2.75) is 19.3 Å². The largest absolute Gasteiger partial charge is 0.302 e. The molecule has 7 heteroatoms. The number of likely N-dealkylation sites (N-methyl/N-ethyl adjacent to an activating group) is 1. The molecule has 1 rings (SSSR count). The standard InChI is InChI=1S/C11H24ClN3O2S/c1-13(7-5-6-12)18(16,17)14(2)10-11-15-8-3-4-9-15/h3-11H2,1-2H3. The molecule has 0 unspecified atom stereocenters. The van der Waals surface area contributed by atoms with E-state index in [2.05, 4.69) is 4.90 Å². The van der Waals surface area contributed by atoms with E-state index in [1.807, 2.05) is 0 Å². The van der Waals surface area contributed by atoms with E-state index >= 15 is 0 Å². The zero-order valence-electron chi connectivity index (χ0n) is 11.3. The number of nitrogens with zero attached hydrogens (tertiary/aromatic N) is 3. The van der Waals surface area contributed by atoms with E-state index in [4.69, 9.17) is 11.6 Å². The first-order chi connectivity index (χ1) is 8.48. The summed E-state index contributed by atoms with van der Waals surface area (Å²) in [7, 11) is -0.0747. The van der Waals surface area contributed by atoms with E-state index in [9.17, 15) is 8.42 Å². The summed E-state index contributed by atoms with van der Waals surface area (Å²) in [5.41, 5.74) is 0. The van der Waals surface area contributed by atoms with Crippen LogP contribution in [0.2, 0.25) is 0 Å². The molecule has 0 aromatic rings. The summed E-state index contributed by atoms with van der Waals surface area (Å²) in [6.07, 6.45) is 3.13. The minimum atomic E-state index is -3.32. The lowest BCUT2D eigenvalue weighted by molar-refractivity contribution is 0.301. The molecular weight excluding hydrogens is 274 g/mol. The lowest BCUT2D eigenvalue weighted by Crippen LogP contribution is -2.43. The molecule has 1 aliphatic heterocycles. The van der Waals surface area contributed by atoms with Crippen molar-refractivity contribution in [3.8, 4) is 0 Å². The first kappa shape index (κ1) is 16.2. The molecule has 1 heterocycles. The van der Waals surface area contributed by atoms with E-state index in [0.29, 0.717) is 25.4 Å². The maximum atomic E-state index is 12.1. The molecule has 108 valence electrons. The quantitative estimate of drug-likeness (QED) is 0.623. The van der Waals surface area contributed by atoms with E-state index in [1.54, 1.807) is 14.1 Å². The molecule has 0 aromatic heterocycles. The number of hydrogen-bond donors (Lipinski definition) is 0. The van der Waals surface area contributed by atoms with Gasteiger partial charge in [0, 0.05) is 39.6 Å². The van der Waals surface area contributed by atoms with Gasteiger partial charge in [-0.2, -0.15) is 17.0 Å². The molecule has 0 radical (unpaired) electrons. The summed E-state index contributed by atoms with van der Waals surface area (Å²) in [5.74, 6) is 0.483. The minimum absolute atomic E-state index is 0.472. The van der Waals surface area contributed by atoms with Crippen LogP contribution in [0.15, 0.2) is 0 Å².